The van der Waals surface area contributed by atoms with Crippen molar-refractivity contribution in [2.75, 3.05) is 21.3 Å². The van der Waals surface area contributed by atoms with E-state index < -0.39 is 9.05 Å². The van der Waals surface area contributed by atoms with Crippen LogP contribution in [0, 0.1) is 0 Å². The monoisotopic (exact) mass is 224 g/mol. The average molecular weight is 224 g/mol. The zero-order chi connectivity index (χ0) is 10.3. The van der Waals surface area contributed by atoms with Crippen LogP contribution in [-0.2, 0) is 17.7 Å². The summed E-state index contributed by atoms with van der Waals surface area (Å²) in [6, 6.07) is 0. The summed E-state index contributed by atoms with van der Waals surface area (Å²) in [5.74, 6) is 0. The molecule has 0 aromatic carbocycles. The predicted octanol–water partition coefficient (Wildman–Crippen LogP) is 1.51. The van der Waals surface area contributed by atoms with Crippen molar-refractivity contribution in [1.82, 2.24) is 0 Å². The lowest BCUT2D eigenvalue weighted by molar-refractivity contribution is 0.0470. The van der Waals surface area contributed by atoms with Crippen LogP contribution < -0.4 is 0 Å². The maximum Gasteiger partial charge on any atom is 0.749 e. The highest BCUT2D eigenvalue weighted by atomic mass is 32.1. The minimum absolute atomic E-state index is 0.472. The summed E-state index contributed by atoms with van der Waals surface area (Å²) in [7, 11) is 1.48. The predicted molar refractivity (Wildman–Crippen MR) is 55.4 cm³/mol. The molecule has 0 saturated carbocycles. The van der Waals surface area contributed by atoms with Crippen molar-refractivity contribution in [3.63, 3.8) is 0 Å². The quantitative estimate of drug-likeness (QED) is 0.505. The number of hydrogen-bond donors (Lipinski definition) is 0. The van der Waals surface area contributed by atoms with Crippen molar-refractivity contribution in [2.45, 2.75) is 19.8 Å². The first kappa shape index (κ1) is 13.0. The van der Waals surface area contributed by atoms with Gasteiger partial charge in [-0.3, -0.25) is 0 Å². The first-order valence-electron chi connectivity index (χ1n) is 4.01. The van der Waals surface area contributed by atoms with E-state index in [1.807, 2.05) is 6.92 Å². The normalized spacial score (nSPS) is 11.4. The van der Waals surface area contributed by atoms with Crippen LogP contribution in [0.2, 0.25) is 0 Å². The number of hydrogen-bond acceptors (Lipinski definition) is 5. The summed E-state index contributed by atoms with van der Waals surface area (Å²) in [6.45, 7) is 2.02. The molecule has 78 valence electrons. The fourth-order valence-corrected chi connectivity index (χ4v) is 2.41. The topological polar surface area (TPSA) is 36.9 Å². The fourth-order valence-electron chi connectivity index (χ4n) is 0.770. The second-order valence-corrected chi connectivity index (χ2v) is 5.22. The Balaban J connectivity index is 4.16. The molecule has 0 N–H and O–H groups in total. The van der Waals surface area contributed by atoms with E-state index in [2.05, 4.69) is 0 Å². The van der Waals surface area contributed by atoms with Gasteiger partial charge < -0.3 is 17.7 Å². The van der Waals surface area contributed by atoms with Gasteiger partial charge in [-0.25, -0.2) is 0 Å². The Morgan fingerprint density at radius 3 is 1.92 bits per heavy atom. The number of thiocarbonyl (C=S) groups is 1. The van der Waals surface area contributed by atoms with Gasteiger partial charge in [-0.05, 0) is 18.6 Å². The van der Waals surface area contributed by atoms with Crippen LogP contribution >= 0.6 is 12.2 Å². The molecule has 0 spiro atoms. The van der Waals surface area contributed by atoms with Crippen molar-refractivity contribution in [1.29, 1.82) is 0 Å². The third-order valence-corrected chi connectivity index (χ3v) is 3.87. The maximum atomic E-state index is 5.33. The highest BCUT2D eigenvalue weighted by molar-refractivity contribution is 7.80. The van der Waals surface area contributed by atoms with Crippen LogP contribution in [0.15, 0.2) is 0 Å². The van der Waals surface area contributed by atoms with Crippen LogP contribution in [0.3, 0.4) is 0 Å². The molecule has 0 unspecified atom stereocenters. The molecule has 0 aliphatic heterocycles. The molecule has 0 amide bonds. The Hall–Kier alpha value is -0.0131. The first-order chi connectivity index (χ1) is 6.14. The zero-order valence-corrected chi connectivity index (χ0v) is 10.3. The van der Waals surface area contributed by atoms with E-state index in [0.717, 1.165) is 6.42 Å². The van der Waals surface area contributed by atoms with Crippen LogP contribution in [0.1, 0.15) is 19.8 Å². The molecular formula is C7H16O4SSi. The molecular weight excluding hydrogens is 208 g/mol. The first-order valence-corrected chi connectivity index (χ1v) is 6.05. The Morgan fingerprint density at radius 2 is 1.62 bits per heavy atom. The Morgan fingerprint density at radius 1 is 1.15 bits per heavy atom. The van der Waals surface area contributed by atoms with Crippen molar-refractivity contribution in [3.8, 4) is 0 Å². The summed E-state index contributed by atoms with van der Waals surface area (Å²) in [4.78, 5) is 0. The maximum absolute atomic E-state index is 5.33. The van der Waals surface area contributed by atoms with E-state index in [0.29, 0.717) is 11.5 Å². The summed E-state index contributed by atoms with van der Waals surface area (Å²) >= 11 is 4.97. The van der Waals surface area contributed by atoms with E-state index in [1.54, 1.807) is 0 Å². The molecule has 0 saturated heterocycles. The minimum atomic E-state index is -2.96. The van der Waals surface area contributed by atoms with Gasteiger partial charge in [0.25, 0.3) is 0 Å². The molecule has 0 atom stereocenters. The summed E-state index contributed by atoms with van der Waals surface area (Å²) in [6.07, 6.45) is 1.64. The van der Waals surface area contributed by atoms with E-state index in [1.165, 1.54) is 21.3 Å². The van der Waals surface area contributed by atoms with Crippen molar-refractivity contribution < 1.29 is 17.7 Å². The molecule has 0 fully saturated rings. The molecule has 6 heteroatoms. The average Bonchev–Trinajstić information content (AvgIpc) is 2.15. The highest BCUT2D eigenvalue weighted by Gasteiger charge is 2.45. The zero-order valence-electron chi connectivity index (χ0n) is 8.46. The Labute approximate surface area is 85.6 Å². The summed E-state index contributed by atoms with van der Waals surface area (Å²) < 4.78 is 20.4. The van der Waals surface area contributed by atoms with Crippen LogP contribution in [0.25, 0.3) is 0 Å². The van der Waals surface area contributed by atoms with Crippen LogP contribution in [0.4, 0.5) is 0 Å². The van der Waals surface area contributed by atoms with E-state index in [9.17, 15) is 0 Å². The van der Waals surface area contributed by atoms with Gasteiger partial charge in [0.15, 0.2) is 5.05 Å². The second kappa shape index (κ2) is 6.44. The molecule has 13 heavy (non-hydrogen) atoms. The molecule has 0 aliphatic rings. The minimum Gasteiger partial charge on any atom is -0.474 e. The van der Waals surface area contributed by atoms with Crippen molar-refractivity contribution >= 4 is 26.3 Å². The molecule has 0 aliphatic carbocycles. The van der Waals surface area contributed by atoms with E-state index in [4.69, 9.17) is 29.9 Å². The standard InChI is InChI=1S/C7H16O4SSi/c1-5-6-7(12)11-13(8-2,9-3)10-4/h5-6H2,1-4H3. The van der Waals surface area contributed by atoms with Gasteiger partial charge in [-0.1, -0.05) is 6.92 Å². The molecule has 0 radical (unpaired) electrons. The lowest BCUT2D eigenvalue weighted by Gasteiger charge is -2.23. The molecule has 0 bridgehead atoms. The Kier molecular flexibility index (Phi) is 6.44. The molecule has 0 aromatic heterocycles. The van der Waals surface area contributed by atoms with Gasteiger partial charge >= 0.3 is 9.05 Å². The van der Waals surface area contributed by atoms with E-state index in [-0.39, 0.29) is 0 Å². The van der Waals surface area contributed by atoms with Gasteiger partial charge in [0.05, 0.1) is 0 Å². The molecule has 0 heterocycles. The molecule has 0 aromatic rings. The van der Waals surface area contributed by atoms with Gasteiger partial charge in [0.1, 0.15) is 0 Å². The van der Waals surface area contributed by atoms with Gasteiger partial charge in [0.2, 0.25) is 0 Å². The number of rotatable bonds is 6. The Bertz CT molecular complexity index is 152. The lowest BCUT2D eigenvalue weighted by Crippen LogP contribution is -2.47. The molecule has 4 nitrogen and oxygen atoms in total. The molecule has 0 rings (SSSR count). The largest absolute Gasteiger partial charge is 0.749 e. The second-order valence-electron chi connectivity index (χ2n) is 2.34. The summed E-state index contributed by atoms with van der Waals surface area (Å²) in [5, 5.41) is 0.472. The highest BCUT2D eigenvalue weighted by Crippen LogP contribution is 2.10. The van der Waals surface area contributed by atoms with Crippen molar-refractivity contribution in [2.24, 2.45) is 0 Å². The van der Waals surface area contributed by atoms with Crippen LogP contribution in [0.5, 0.6) is 0 Å². The van der Waals surface area contributed by atoms with E-state index >= 15 is 0 Å². The summed E-state index contributed by atoms with van der Waals surface area (Å²) in [5.41, 5.74) is 0. The third kappa shape index (κ3) is 4.14. The fraction of sp³-hybridized carbons (Fsp3) is 0.857. The van der Waals surface area contributed by atoms with Crippen molar-refractivity contribution in [3.05, 3.63) is 0 Å². The lowest BCUT2D eigenvalue weighted by atomic mass is 10.4. The van der Waals surface area contributed by atoms with Gasteiger partial charge in [-0.15, -0.1) is 0 Å². The smallest absolute Gasteiger partial charge is 0.474 e. The SMILES string of the molecule is CCCC(=S)O[Si](OC)(OC)OC. The van der Waals surface area contributed by atoms with Gasteiger partial charge in [0, 0.05) is 27.8 Å². The van der Waals surface area contributed by atoms with Gasteiger partial charge in [-0.2, -0.15) is 0 Å². The third-order valence-electron chi connectivity index (χ3n) is 1.44. The van der Waals surface area contributed by atoms with Crippen LogP contribution in [-0.4, -0.2) is 35.4 Å².